The van der Waals surface area contributed by atoms with Crippen molar-refractivity contribution < 1.29 is 4.79 Å². The highest BCUT2D eigenvalue weighted by atomic mass is 16.1. The average molecular weight is 137 g/mol. The molecule has 54 valence electrons. The first-order valence-corrected chi connectivity index (χ1v) is 3.11. The minimum Gasteiger partial charge on any atom is -0.352 e. The van der Waals surface area contributed by atoms with Crippen LogP contribution >= 0.6 is 0 Å². The summed E-state index contributed by atoms with van der Waals surface area (Å²) in [5.41, 5.74) is 0. The lowest BCUT2D eigenvalue weighted by molar-refractivity contribution is -0.116. The molecular formula is C8H11NO. The van der Waals surface area contributed by atoms with Gasteiger partial charge in [0.25, 0.3) is 0 Å². The molecule has 0 spiro atoms. The van der Waals surface area contributed by atoms with Crippen LogP contribution in [-0.4, -0.2) is 12.5 Å². The summed E-state index contributed by atoms with van der Waals surface area (Å²) in [6.45, 7) is 5.69. The van der Waals surface area contributed by atoms with Crippen LogP contribution in [-0.2, 0) is 4.79 Å². The third kappa shape index (κ3) is 4.92. The molecule has 1 amide bonds. The molecule has 0 aromatic rings. The number of carbonyl (C=O) groups is 1. The molecule has 10 heavy (non-hydrogen) atoms. The zero-order valence-electron chi connectivity index (χ0n) is 6.11. The molecule has 2 nitrogen and oxygen atoms in total. The summed E-state index contributed by atoms with van der Waals surface area (Å²) < 4.78 is 0. The number of carbonyl (C=O) groups excluding carboxylic acids is 1. The maximum Gasteiger partial charge on any atom is 0.243 e. The summed E-state index contributed by atoms with van der Waals surface area (Å²) in [7, 11) is 0. The van der Waals surface area contributed by atoms with Crippen molar-refractivity contribution >= 4 is 5.91 Å². The molecule has 0 aliphatic heterocycles. The molecule has 0 saturated carbocycles. The monoisotopic (exact) mass is 137 g/mol. The highest BCUT2D eigenvalue weighted by Gasteiger charge is 1.88. The SMILES string of the molecule is C=CC(=O)NCCC#CC. The van der Waals surface area contributed by atoms with Crippen molar-refractivity contribution in [2.75, 3.05) is 6.54 Å². The first-order valence-electron chi connectivity index (χ1n) is 3.11. The molecule has 0 fully saturated rings. The van der Waals surface area contributed by atoms with Gasteiger partial charge in [0.15, 0.2) is 0 Å². The first kappa shape index (κ1) is 8.77. The Morgan fingerprint density at radius 3 is 3.00 bits per heavy atom. The summed E-state index contributed by atoms with van der Waals surface area (Å²) in [5.74, 6) is 5.42. The molecule has 1 N–H and O–H groups in total. The fraction of sp³-hybridized carbons (Fsp3) is 0.375. The van der Waals surface area contributed by atoms with Crippen LogP contribution in [0.5, 0.6) is 0 Å². The normalized spacial score (nSPS) is 7.30. The molecule has 0 radical (unpaired) electrons. The second kappa shape index (κ2) is 5.90. The van der Waals surface area contributed by atoms with Gasteiger partial charge in [0, 0.05) is 13.0 Å². The highest BCUT2D eigenvalue weighted by molar-refractivity contribution is 5.86. The van der Waals surface area contributed by atoms with E-state index in [0.717, 1.165) is 0 Å². The van der Waals surface area contributed by atoms with E-state index < -0.39 is 0 Å². The lowest BCUT2D eigenvalue weighted by Gasteiger charge is -1.94. The third-order valence-corrected chi connectivity index (χ3v) is 0.911. The smallest absolute Gasteiger partial charge is 0.243 e. The lowest BCUT2D eigenvalue weighted by atomic mass is 10.4. The molecule has 2 heteroatoms. The van der Waals surface area contributed by atoms with E-state index in [0.29, 0.717) is 13.0 Å². The van der Waals surface area contributed by atoms with Crippen LogP contribution in [0.15, 0.2) is 12.7 Å². The molecule has 0 saturated heterocycles. The van der Waals surface area contributed by atoms with E-state index in [2.05, 4.69) is 23.7 Å². The lowest BCUT2D eigenvalue weighted by Crippen LogP contribution is -2.21. The molecule has 0 unspecified atom stereocenters. The second-order valence-corrected chi connectivity index (χ2v) is 1.67. The number of amides is 1. The van der Waals surface area contributed by atoms with Crippen LogP contribution in [0.3, 0.4) is 0 Å². The topological polar surface area (TPSA) is 29.1 Å². The first-order chi connectivity index (χ1) is 4.81. The van der Waals surface area contributed by atoms with E-state index in [9.17, 15) is 4.79 Å². The second-order valence-electron chi connectivity index (χ2n) is 1.67. The molecule has 0 bridgehead atoms. The minimum atomic E-state index is -0.141. The van der Waals surface area contributed by atoms with Crippen molar-refractivity contribution in [2.24, 2.45) is 0 Å². The fourth-order valence-corrected chi connectivity index (χ4v) is 0.445. The maximum atomic E-state index is 10.5. The zero-order chi connectivity index (χ0) is 7.82. The van der Waals surface area contributed by atoms with Crippen LogP contribution < -0.4 is 5.32 Å². The van der Waals surface area contributed by atoms with Gasteiger partial charge in [-0.3, -0.25) is 4.79 Å². The average Bonchev–Trinajstić information content (AvgIpc) is 1.98. The van der Waals surface area contributed by atoms with Crippen molar-refractivity contribution in [3.8, 4) is 11.8 Å². The van der Waals surface area contributed by atoms with Crippen LogP contribution in [0.1, 0.15) is 13.3 Å². The van der Waals surface area contributed by atoms with E-state index in [1.807, 2.05) is 0 Å². The Balaban J connectivity index is 3.25. The highest BCUT2D eigenvalue weighted by Crippen LogP contribution is 1.72. The van der Waals surface area contributed by atoms with Crippen LogP contribution in [0.4, 0.5) is 0 Å². The Kier molecular flexibility index (Phi) is 5.17. The van der Waals surface area contributed by atoms with Gasteiger partial charge in [0.1, 0.15) is 0 Å². The van der Waals surface area contributed by atoms with Crippen molar-refractivity contribution in [1.29, 1.82) is 0 Å². The Bertz CT molecular complexity index is 173. The zero-order valence-corrected chi connectivity index (χ0v) is 6.11. The minimum absolute atomic E-state index is 0.141. The predicted molar refractivity (Wildman–Crippen MR) is 41.3 cm³/mol. The van der Waals surface area contributed by atoms with Crippen LogP contribution in [0, 0.1) is 11.8 Å². The van der Waals surface area contributed by atoms with Crippen molar-refractivity contribution in [2.45, 2.75) is 13.3 Å². The van der Waals surface area contributed by atoms with E-state index in [-0.39, 0.29) is 5.91 Å². The third-order valence-electron chi connectivity index (χ3n) is 0.911. The van der Waals surface area contributed by atoms with Gasteiger partial charge in [0.2, 0.25) is 5.91 Å². The maximum absolute atomic E-state index is 10.5. The summed E-state index contributed by atoms with van der Waals surface area (Å²) in [6, 6.07) is 0. The van der Waals surface area contributed by atoms with Crippen LogP contribution in [0.25, 0.3) is 0 Å². The van der Waals surface area contributed by atoms with Crippen molar-refractivity contribution in [1.82, 2.24) is 5.32 Å². The largest absolute Gasteiger partial charge is 0.352 e. The van der Waals surface area contributed by atoms with E-state index in [1.165, 1.54) is 6.08 Å². The summed E-state index contributed by atoms with van der Waals surface area (Å²) >= 11 is 0. The molecular weight excluding hydrogens is 126 g/mol. The predicted octanol–water partition coefficient (Wildman–Crippen LogP) is 0.702. The summed E-state index contributed by atoms with van der Waals surface area (Å²) in [4.78, 5) is 10.5. The van der Waals surface area contributed by atoms with Gasteiger partial charge in [0.05, 0.1) is 0 Å². The summed E-state index contributed by atoms with van der Waals surface area (Å²) in [6.07, 6.45) is 1.95. The molecule has 0 aromatic carbocycles. The molecule has 0 atom stereocenters. The fourth-order valence-electron chi connectivity index (χ4n) is 0.445. The molecule has 0 aliphatic rings. The van der Waals surface area contributed by atoms with Gasteiger partial charge in [-0.15, -0.1) is 11.8 Å². The molecule has 0 aliphatic carbocycles. The number of nitrogens with one attached hydrogen (secondary N) is 1. The Morgan fingerprint density at radius 1 is 1.80 bits per heavy atom. The summed E-state index contributed by atoms with van der Waals surface area (Å²) in [5, 5.41) is 2.61. The number of rotatable bonds is 3. The Morgan fingerprint density at radius 2 is 2.50 bits per heavy atom. The van der Waals surface area contributed by atoms with E-state index in [4.69, 9.17) is 0 Å². The van der Waals surface area contributed by atoms with Gasteiger partial charge in [-0.25, -0.2) is 0 Å². The van der Waals surface area contributed by atoms with Gasteiger partial charge in [-0.1, -0.05) is 6.58 Å². The quantitative estimate of drug-likeness (QED) is 0.346. The van der Waals surface area contributed by atoms with Crippen molar-refractivity contribution in [3.63, 3.8) is 0 Å². The number of hydrogen-bond acceptors (Lipinski definition) is 1. The van der Waals surface area contributed by atoms with E-state index in [1.54, 1.807) is 6.92 Å². The van der Waals surface area contributed by atoms with Gasteiger partial charge < -0.3 is 5.32 Å². The number of hydrogen-bond donors (Lipinski definition) is 1. The van der Waals surface area contributed by atoms with Gasteiger partial charge in [-0.2, -0.15) is 0 Å². The molecule has 0 heterocycles. The van der Waals surface area contributed by atoms with E-state index >= 15 is 0 Å². The molecule has 0 rings (SSSR count). The Hall–Kier alpha value is -1.23. The van der Waals surface area contributed by atoms with Crippen LogP contribution in [0.2, 0.25) is 0 Å². The van der Waals surface area contributed by atoms with Crippen molar-refractivity contribution in [3.05, 3.63) is 12.7 Å². The standard InChI is InChI=1S/C8H11NO/c1-3-5-6-7-9-8(10)4-2/h4H,2,6-7H2,1H3,(H,9,10). The van der Waals surface area contributed by atoms with Gasteiger partial charge in [-0.05, 0) is 13.0 Å². The Labute approximate surface area is 61.3 Å². The van der Waals surface area contributed by atoms with Gasteiger partial charge >= 0.3 is 0 Å². The molecule has 0 aromatic heterocycles.